The number of hydrogen-bond donors (Lipinski definition) is 1. The van der Waals surface area contributed by atoms with Crippen molar-refractivity contribution in [3.05, 3.63) is 71.8 Å². The van der Waals surface area contributed by atoms with Gasteiger partial charge in [-0.1, -0.05) is 60.1 Å². The average molecular weight is 245 g/mol. The van der Waals surface area contributed by atoms with E-state index in [1.807, 2.05) is 6.07 Å². The van der Waals surface area contributed by atoms with Gasteiger partial charge >= 0.3 is 0 Å². The Kier molecular flexibility index (Phi) is 3.00. The van der Waals surface area contributed by atoms with Crippen molar-refractivity contribution < 1.29 is 0 Å². The van der Waals surface area contributed by atoms with Crippen LogP contribution in [0.2, 0.25) is 0 Å². The van der Waals surface area contributed by atoms with Crippen LogP contribution in [-0.4, -0.2) is 7.85 Å². The molecule has 0 bridgehead atoms. The third-order valence-electron chi connectivity index (χ3n) is 3.51. The Morgan fingerprint density at radius 2 is 1.63 bits per heavy atom. The molecule has 0 aromatic heterocycles. The summed E-state index contributed by atoms with van der Waals surface area (Å²) in [5.41, 5.74) is 10.7. The number of anilines is 1. The summed E-state index contributed by atoms with van der Waals surface area (Å²) < 4.78 is 0. The lowest BCUT2D eigenvalue weighted by molar-refractivity contribution is 1.21. The smallest absolute Gasteiger partial charge is 0.139 e. The predicted molar refractivity (Wildman–Crippen MR) is 85.8 cm³/mol. The standard InChI is InChI=1S/C17H16BN/c18-16-8-7-15(17(19)11-16)10-12-5-6-13-3-1-2-4-14(13)9-12/h1-9,11H,10,18-19H2. The first kappa shape index (κ1) is 11.9. The van der Waals surface area contributed by atoms with Gasteiger partial charge in [0.2, 0.25) is 0 Å². The summed E-state index contributed by atoms with van der Waals surface area (Å²) in [7, 11) is 2.07. The zero-order valence-corrected chi connectivity index (χ0v) is 11.1. The zero-order chi connectivity index (χ0) is 13.2. The third-order valence-corrected chi connectivity index (χ3v) is 3.51. The Labute approximate surface area is 114 Å². The van der Waals surface area contributed by atoms with Gasteiger partial charge in [-0.25, -0.2) is 0 Å². The first-order chi connectivity index (χ1) is 9.22. The van der Waals surface area contributed by atoms with Crippen molar-refractivity contribution in [2.75, 3.05) is 5.73 Å². The van der Waals surface area contributed by atoms with Crippen LogP contribution in [0.1, 0.15) is 11.1 Å². The molecule has 3 aromatic rings. The van der Waals surface area contributed by atoms with Crippen LogP contribution in [0.25, 0.3) is 10.8 Å². The van der Waals surface area contributed by atoms with E-state index < -0.39 is 0 Å². The van der Waals surface area contributed by atoms with E-state index in [9.17, 15) is 0 Å². The fourth-order valence-corrected chi connectivity index (χ4v) is 2.44. The minimum atomic E-state index is 0.883. The van der Waals surface area contributed by atoms with Gasteiger partial charge in [-0.05, 0) is 34.4 Å². The van der Waals surface area contributed by atoms with Gasteiger partial charge in [0.25, 0.3) is 0 Å². The van der Waals surface area contributed by atoms with Crippen LogP contribution in [0, 0.1) is 0 Å². The van der Waals surface area contributed by atoms with Gasteiger partial charge in [0.15, 0.2) is 0 Å². The highest BCUT2D eigenvalue weighted by Gasteiger charge is 2.02. The zero-order valence-electron chi connectivity index (χ0n) is 11.1. The van der Waals surface area contributed by atoms with Crippen molar-refractivity contribution in [1.29, 1.82) is 0 Å². The molecule has 3 aromatic carbocycles. The van der Waals surface area contributed by atoms with Crippen molar-refractivity contribution in [3.63, 3.8) is 0 Å². The van der Waals surface area contributed by atoms with Gasteiger partial charge in [0, 0.05) is 5.69 Å². The Morgan fingerprint density at radius 1 is 0.842 bits per heavy atom. The van der Waals surface area contributed by atoms with Gasteiger partial charge in [0.05, 0.1) is 0 Å². The Bertz CT molecular complexity index is 734. The molecule has 0 amide bonds. The highest BCUT2D eigenvalue weighted by atomic mass is 14.6. The van der Waals surface area contributed by atoms with Crippen LogP contribution in [-0.2, 0) is 6.42 Å². The van der Waals surface area contributed by atoms with Crippen molar-refractivity contribution in [2.24, 2.45) is 0 Å². The molecule has 2 N–H and O–H groups in total. The summed E-state index contributed by atoms with van der Waals surface area (Å²) in [5.74, 6) is 0. The van der Waals surface area contributed by atoms with E-state index in [-0.39, 0.29) is 0 Å². The van der Waals surface area contributed by atoms with Gasteiger partial charge in [0.1, 0.15) is 7.85 Å². The van der Waals surface area contributed by atoms with E-state index in [1.54, 1.807) is 0 Å². The summed E-state index contributed by atoms with van der Waals surface area (Å²) >= 11 is 0. The van der Waals surface area contributed by atoms with Crippen LogP contribution < -0.4 is 11.2 Å². The second kappa shape index (κ2) is 4.81. The summed E-state index contributed by atoms with van der Waals surface area (Å²) in [6.45, 7) is 0. The lowest BCUT2D eigenvalue weighted by Crippen LogP contribution is -2.06. The molecule has 0 heterocycles. The highest BCUT2D eigenvalue weighted by molar-refractivity contribution is 6.32. The summed E-state index contributed by atoms with van der Waals surface area (Å²) in [6, 6.07) is 21.3. The van der Waals surface area contributed by atoms with Gasteiger partial charge in [-0.2, -0.15) is 0 Å². The molecular formula is C17H16BN. The quantitative estimate of drug-likeness (QED) is 0.544. The minimum Gasteiger partial charge on any atom is -0.399 e. The maximum atomic E-state index is 6.08. The fraction of sp³-hybridized carbons (Fsp3) is 0.0588. The summed E-state index contributed by atoms with van der Waals surface area (Å²) in [6.07, 6.45) is 0.886. The van der Waals surface area contributed by atoms with Crippen LogP contribution in [0.15, 0.2) is 60.7 Å². The molecule has 0 saturated carbocycles. The van der Waals surface area contributed by atoms with Crippen LogP contribution >= 0.6 is 0 Å². The second-order valence-electron chi connectivity index (χ2n) is 5.06. The average Bonchev–Trinajstić information content (AvgIpc) is 2.42. The first-order valence-corrected chi connectivity index (χ1v) is 6.55. The van der Waals surface area contributed by atoms with E-state index in [4.69, 9.17) is 5.73 Å². The molecule has 0 saturated heterocycles. The van der Waals surface area contributed by atoms with E-state index in [2.05, 4.69) is 62.4 Å². The highest BCUT2D eigenvalue weighted by Crippen LogP contribution is 2.20. The molecule has 0 fully saturated rings. The molecular weight excluding hydrogens is 229 g/mol. The molecule has 0 unspecified atom stereocenters. The number of fused-ring (bicyclic) bond motifs is 1. The van der Waals surface area contributed by atoms with Crippen LogP contribution in [0.5, 0.6) is 0 Å². The third kappa shape index (κ3) is 2.48. The van der Waals surface area contributed by atoms with Crippen LogP contribution in [0.3, 0.4) is 0 Å². The summed E-state index contributed by atoms with van der Waals surface area (Å²) in [5, 5.41) is 2.56. The number of nitrogens with two attached hydrogens (primary N) is 1. The molecule has 0 radical (unpaired) electrons. The van der Waals surface area contributed by atoms with Crippen molar-refractivity contribution in [3.8, 4) is 0 Å². The van der Waals surface area contributed by atoms with Crippen molar-refractivity contribution in [1.82, 2.24) is 0 Å². The van der Waals surface area contributed by atoms with Crippen LogP contribution in [0.4, 0.5) is 5.69 Å². The Balaban J connectivity index is 1.96. The molecule has 2 heteroatoms. The molecule has 0 spiro atoms. The Hall–Kier alpha value is -2.22. The molecule has 1 nitrogen and oxygen atoms in total. The lowest BCUT2D eigenvalue weighted by atomic mass is 9.92. The Morgan fingerprint density at radius 3 is 2.42 bits per heavy atom. The second-order valence-corrected chi connectivity index (χ2v) is 5.06. The van der Waals surface area contributed by atoms with E-state index in [0.29, 0.717) is 0 Å². The van der Waals surface area contributed by atoms with Crippen molar-refractivity contribution in [2.45, 2.75) is 6.42 Å². The minimum absolute atomic E-state index is 0.883. The van der Waals surface area contributed by atoms with Crippen molar-refractivity contribution >= 4 is 29.8 Å². The molecule has 92 valence electrons. The van der Waals surface area contributed by atoms with E-state index in [1.165, 1.54) is 27.4 Å². The number of rotatable bonds is 2. The van der Waals surface area contributed by atoms with Gasteiger partial charge < -0.3 is 5.73 Å². The molecule has 0 aliphatic heterocycles. The number of benzene rings is 3. The number of hydrogen-bond acceptors (Lipinski definition) is 1. The van der Waals surface area contributed by atoms with Gasteiger partial charge in [-0.15, -0.1) is 0 Å². The fourth-order valence-electron chi connectivity index (χ4n) is 2.44. The summed E-state index contributed by atoms with van der Waals surface area (Å²) in [4.78, 5) is 0. The van der Waals surface area contributed by atoms with E-state index >= 15 is 0 Å². The SMILES string of the molecule is Bc1ccc(Cc2ccc3ccccc3c2)c(N)c1. The maximum absolute atomic E-state index is 6.08. The molecule has 0 aliphatic rings. The normalized spacial score (nSPS) is 10.7. The van der Waals surface area contributed by atoms with E-state index in [0.717, 1.165) is 12.1 Å². The molecule has 19 heavy (non-hydrogen) atoms. The molecule has 0 atom stereocenters. The first-order valence-electron chi connectivity index (χ1n) is 6.55. The van der Waals surface area contributed by atoms with Gasteiger partial charge in [-0.3, -0.25) is 0 Å². The molecule has 0 aliphatic carbocycles. The monoisotopic (exact) mass is 245 g/mol. The largest absolute Gasteiger partial charge is 0.399 e. The predicted octanol–water partition coefficient (Wildman–Crippen LogP) is 2.27. The number of nitrogen functional groups attached to an aromatic ring is 1. The molecule has 3 rings (SSSR count). The topological polar surface area (TPSA) is 26.0 Å². The lowest BCUT2D eigenvalue weighted by Gasteiger charge is -2.08. The maximum Gasteiger partial charge on any atom is 0.139 e.